The summed E-state index contributed by atoms with van der Waals surface area (Å²) in [4.78, 5) is 24.2. The molecule has 4 aromatic rings. The molecule has 134 valence electrons. The molecule has 0 atom stereocenters. The number of oxazole rings is 1. The van der Waals surface area contributed by atoms with Crippen LogP contribution < -0.4 is 5.32 Å². The van der Waals surface area contributed by atoms with E-state index in [-0.39, 0.29) is 11.4 Å². The van der Waals surface area contributed by atoms with Crippen LogP contribution in [0.15, 0.2) is 53.3 Å². The smallest absolute Gasteiger partial charge is 0.259 e. The van der Waals surface area contributed by atoms with Gasteiger partial charge in [0.2, 0.25) is 0 Å². The standard InChI is InChI=1S/C19H12ClFN4O2/c1-10-24-16-7-14(20)13(6-17(16)27-10)11-2-3-18(23-8-11)25-19(26)12-4-5-22-9-15(12)21/h2-9H,1H3,(H,23,25,26). The van der Waals surface area contributed by atoms with E-state index in [0.717, 1.165) is 17.3 Å². The third-order valence-electron chi connectivity index (χ3n) is 3.92. The van der Waals surface area contributed by atoms with Gasteiger partial charge in [-0.2, -0.15) is 0 Å². The van der Waals surface area contributed by atoms with Crippen molar-refractivity contribution in [2.45, 2.75) is 6.92 Å². The molecule has 1 aromatic carbocycles. The maximum atomic E-state index is 13.6. The highest BCUT2D eigenvalue weighted by atomic mass is 35.5. The lowest BCUT2D eigenvalue weighted by Gasteiger charge is -2.07. The van der Waals surface area contributed by atoms with Crippen molar-refractivity contribution in [3.05, 3.63) is 71.2 Å². The first-order valence-electron chi connectivity index (χ1n) is 7.95. The minimum atomic E-state index is -0.700. The Labute approximate surface area is 158 Å². The Morgan fingerprint density at radius 3 is 2.81 bits per heavy atom. The summed E-state index contributed by atoms with van der Waals surface area (Å²) < 4.78 is 19.2. The highest BCUT2D eigenvalue weighted by Gasteiger charge is 2.13. The molecule has 3 heterocycles. The number of halogens is 2. The molecule has 0 saturated heterocycles. The number of amides is 1. The van der Waals surface area contributed by atoms with Gasteiger partial charge in [0.25, 0.3) is 5.91 Å². The molecule has 0 aliphatic rings. The second-order valence-electron chi connectivity index (χ2n) is 5.77. The lowest BCUT2D eigenvalue weighted by atomic mass is 10.1. The topological polar surface area (TPSA) is 80.9 Å². The van der Waals surface area contributed by atoms with Crippen molar-refractivity contribution in [1.29, 1.82) is 0 Å². The molecule has 1 N–H and O–H groups in total. The molecule has 0 unspecified atom stereocenters. The van der Waals surface area contributed by atoms with Crippen molar-refractivity contribution in [3.63, 3.8) is 0 Å². The van der Waals surface area contributed by atoms with Crippen LogP contribution >= 0.6 is 11.6 Å². The van der Waals surface area contributed by atoms with Crippen molar-refractivity contribution in [3.8, 4) is 11.1 Å². The van der Waals surface area contributed by atoms with Crippen molar-refractivity contribution in [2.24, 2.45) is 0 Å². The third kappa shape index (κ3) is 3.37. The number of pyridine rings is 2. The van der Waals surface area contributed by atoms with E-state index >= 15 is 0 Å². The van der Waals surface area contributed by atoms with Gasteiger partial charge >= 0.3 is 0 Å². The van der Waals surface area contributed by atoms with Gasteiger partial charge in [0.05, 0.1) is 16.8 Å². The fraction of sp³-hybridized carbons (Fsp3) is 0.0526. The van der Waals surface area contributed by atoms with Crippen molar-refractivity contribution < 1.29 is 13.6 Å². The number of nitrogens with one attached hydrogen (secondary N) is 1. The van der Waals surface area contributed by atoms with Crippen LogP contribution in [0.25, 0.3) is 22.2 Å². The molecule has 3 aromatic heterocycles. The first-order chi connectivity index (χ1) is 13.0. The van der Waals surface area contributed by atoms with Crippen LogP contribution in [0.3, 0.4) is 0 Å². The summed E-state index contributed by atoms with van der Waals surface area (Å²) in [5, 5.41) is 3.05. The van der Waals surface area contributed by atoms with Gasteiger partial charge in [0, 0.05) is 30.4 Å². The SMILES string of the molecule is Cc1nc2cc(Cl)c(-c3ccc(NC(=O)c4ccncc4F)nc3)cc2o1. The molecule has 0 aliphatic heterocycles. The number of hydrogen-bond acceptors (Lipinski definition) is 5. The maximum Gasteiger partial charge on any atom is 0.259 e. The van der Waals surface area contributed by atoms with E-state index in [1.54, 1.807) is 37.4 Å². The number of aromatic nitrogens is 3. The molecule has 0 bridgehead atoms. The predicted octanol–water partition coefficient (Wildman–Crippen LogP) is 4.64. The minimum absolute atomic E-state index is 0.106. The van der Waals surface area contributed by atoms with Crippen LogP contribution in [0.2, 0.25) is 5.02 Å². The van der Waals surface area contributed by atoms with Gasteiger partial charge in [-0.15, -0.1) is 0 Å². The van der Waals surface area contributed by atoms with Crippen LogP contribution in [0.5, 0.6) is 0 Å². The summed E-state index contributed by atoms with van der Waals surface area (Å²) in [6.45, 7) is 1.76. The number of rotatable bonds is 3. The van der Waals surface area contributed by atoms with Crippen molar-refractivity contribution in [1.82, 2.24) is 15.0 Å². The quantitative estimate of drug-likeness (QED) is 0.558. The highest BCUT2D eigenvalue weighted by Crippen LogP contribution is 2.32. The van der Waals surface area contributed by atoms with Gasteiger partial charge < -0.3 is 9.73 Å². The second kappa shape index (κ2) is 6.77. The van der Waals surface area contributed by atoms with E-state index in [9.17, 15) is 9.18 Å². The molecular formula is C19H12ClFN4O2. The predicted molar refractivity (Wildman–Crippen MR) is 99.1 cm³/mol. The average Bonchev–Trinajstić information content (AvgIpc) is 3.01. The summed E-state index contributed by atoms with van der Waals surface area (Å²) in [5.74, 6) is -0.466. The zero-order chi connectivity index (χ0) is 19.0. The summed E-state index contributed by atoms with van der Waals surface area (Å²) in [5.41, 5.74) is 2.66. The number of benzene rings is 1. The average molecular weight is 383 g/mol. The molecule has 0 fully saturated rings. The number of anilines is 1. The maximum absolute atomic E-state index is 13.6. The summed E-state index contributed by atoms with van der Waals surface area (Å²) in [7, 11) is 0. The normalized spacial score (nSPS) is 10.9. The molecule has 4 rings (SSSR count). The first kappa shape index (κ1) is 17.1. The van der Waals surface area contributed by atoms with Crippen LogP contribution in [-0.4, -0.2) is 20.9 Å². The number of fused-ring (bicyclic) bond motifs is 1. The highest BCUT2D eigenvalue weighted by molar-refractivity contribution is 6.34. The number of hydrogen-bond donors (Lipinski definition) is 1. The van der Waals surface area contributed by atoms with Crippen LogP contribution in [0.4, 0.5) is 10.2 Å². The zero-order valence-corrected chi connectivity index (χ0v) is 14.8. The van der Waals surface area contributed by atoms with Crippen molar-refractivity contribution in [2.75, 3.05) is 5.32 Å². The van der Waals surface area contributed by atoms with E-state index in [2.05, 4.69) is 20.3 Å². The van der Waals surface area contributed by atoms with Crippen LogP contribution in [-0.2, 0) is 0 Å². The molecular weight excluding hydrogens is 371 g/mol. The zero-order valence-electron chi connectivity index (χ0n) is 14.0. The third-order valence-corrected chi connectivity index (χ3v) is 4.23. The molecule has 27 heavy (non-hydrogen) atoms. The minimum Gasteiger partial charge on any atom is -0.441 e. The molecule has 0 saturated carbocycles. The van der Waals surface area contributed by atoms with Crippen LogP contribution in [0.1, 0.15) is 16.2 Å². The monoisotopic (exact) mass is 382 g/mol. The Hall–Kier alpha value is -3.32. The largest absolute Gasteiger partial charge is 0.441 e. The van der Waals surface area contributed by atoms with Gasteiger partial charge in [-0.1, -0.05) is 11.6 Å². The lowest BCUT2D eigenvalue weighted by Crippen LogP contribution is -2.14. The number of carbonyl (C=O) groups excluding carboxylic acids is 1. The Balaban J connectivity index is 1.60. The fourth-order valence-electron chi connectivity index (χ4n) is 2.65. The molecule has 0 radical (unpaired) electrons. The number of carbonyl (C=O) groups is 1. The second-order valence-corrected chi connectivity index (χ2v) is 6.18. The molecule has 0 aliphatic carbocycles. The molecule has 8 heteroatoms. The summed E-state index contributed by atoms with van der Waals surface area (Å²) in [6.07, 6.45) is 3.89. The summed E-state index contributed by atoms with van der Waals surface area (Å²) >= 11 is 6.34. The van der Waals surface area contributed by atoms with Gasteiger partial charge in [0.1, 0.15) is 11.3 Å². The van der Waals surface area contributed by atoms with Gasteiger partial charge in [-0.05, 0) is 30.3 Å². The van der Waals surface area contributed by atoms with Gasteiger partial charge in [-0.3, -0.25) is 9.78 Å². The van der Waals surface area contributed by atoms with E-state index in [4.69, 9.17) is 16.0 Å². The first-order valence-corrected chi connectivity index (χ1v) is 8.33. The summed E-state index contributed by atoms with van der Waals surface area (Å²) in [6, 6.07) is 8.18. The van der Waals surface area contributed by atoms with Crippen molar-refractivity contribution >= 4 is 34.4 Å². The molecule has 1 amide bonds. The number of nitrogens with zero attached hydrogens (tertiary/aromatic N) is 3. The number of aryl methyl sites for hydroxylation is 1. The molecule has 0 spiro atoms. The van der Waals surface area contributed by atoms with E-state index < -0.39 is 11.7 Å². The Morgan fingerprint density at radius 1 is 1.22 bits per heavy atom. The Kier molecular flexibility index (Phi) is 4.29. The van der Waals surface area contributed by atoms with E-state index in [1.807, 2.05) is 0 Å². The van der Waals surface area contributed by atoms with E-state index in [1.165, 1.54) is 12.3 Å². The van der Waals surface area contributed by atoms with Gasteiger partial charge in [-0.25, -0.2) is 14.4 Å². The Bertz CT molecular complexity index is 1160. The Morgan fingerprint density at radius 2 is 2.07 bits per heavy atom. The fourth-order valence-corrected chi connectivity index (χ4v) is 2.92. The lowest BCUT2D eigenvalue weighted by molar-refractivity contribution is 0.102. The van der Waals surface area contributed by atoms with E-state index in [0.29, 0.717) is 22.0 Å². The van der Waals surface area contributed by atoms with Crippen LogP contribution in [0, 0.1) is 12.7 Å². The molecule has 6 nitrogen and oxygen atoms in total. The van der Waals surface area contributed by atoms with Gasteiger partial charge in [0.15, 0.2) is 17.3 Å².